The number of rotatable bonds is 5. The van der Waals surface area contributed by atoms with E-state index in [4.69, 9.17) is 0 Å². The van der Waals surface area contributed by atoms with Crippen molar-refractivity contribution < 1.29 is 4.39 Å². The van der Waals surface area contributed by atoms with Crippen molar-refractivity contribution in [1.29, 1.82) is 0 Å². The molecule has 0 amide bonds. The summed E-state index contributed by atoms with van der Waals surface area (Å²) in [5, 5.41) is 3.49. The van der Waals surface area contributed by atoms with E-state index >= 15 is 0 Å². The van der Waals surface area contributed by atoms with Crippen LogP contribution in [0.2, 0.25) is 0 Å². The Bertz CT molecular complexity index is 670. The van der Waals surface area contributed by atoms with Crippen LogP contribution < -0.4 is 10.2 Å². The topological polar surface area (TPSA) is 57.2 Å². The Hall–Kier alpha value is -2.28. The Morgan fingerprint density at radius 2 is 2.08 bits per heavy atom. The van der Waals surface area contributed by atoms with Gasteiger partial charge < -0.3 is 10.2 Å². The van der Waals surface area contributed by atoms with E-state index < -0.39 is 0 Å². The molecule has 0 spiro atoms. The first kappa shape index (κ1) is 16.6. The highest BCUT2D eigenvalue weighted by Crippen LogP contribution is 2.18. The third-order valence-electron chi connectivity index (χ3n) is 4.15. The van der Waals surface area contributed by atoms with E-state index in [1.165, 1.54) is 6.20 Å². The molecule has 1 saturated heterocycles. The summed E-state index contributed by atoms with van der Waals surface area (Å²) >= 11 is 0. The molecule has 1 fully saturated rings. The molecule has 24 heavy (non-hydrogen) atoms. The zero-order valence-electron chi connectivity index (χ0n) is 14.1. The van der Waals surface area contributed by atoms with Gasteiger partial charge in [0.25, 0.3) is 0 Å². The predicted molar refractivity (Wildman–Crippen MR) is 92.5 cm³/mol. The normalized spacial score (nSPS) is 16.1. The van der Waals surface area contributed by atoms with Gasteiger partial charge in [-0.3, -0.25) is 9.88 Å². The van der Waals surface area contributed by atoms with Gasteiger partial charge in [0.2, 0.25) is 5.95 Å². The molecular formula is C17H23FN6. The number of pyridine rings is 1. The lowest BCUT2D eigenvalue weighted by Gasteiger charge is -2.32. The first-order valence-corrected chi connectivity index (χ1v) is 8.19. The highest BCUT2D eigenvalue weighted by Gasteiger charge is 2.19. The van der Waals surface area contributed by atoms with Crippen LogP contribution in [-0.4, -0.2) is 53.1 Å². The summed E-state index contributed by atoms with van der Waals surface area (Å²) in [6, 6.07) is 3.86. The summed E-state index contributed by atoms with van der Waals surface area (Å²) < 4.78 is 13.2. The average molecular weight is 330 g/mol. The van der Waals surface area contributed by atoms with Crippen LogP contribution in [0.5, 0.6) is 0 Å². The average Bonchev–Trinajstić information content (AvgIpc) is 2.57. The van der Waals surface area contributed by atoms with Gasteiger partial charge >= 0.3 is 0 Å². The minimum Gasteiger partial charge on any atom is -0.367 e. The summed E-state index contributed by atoms with van der Waals surface area (Å²) in [4.78, 5) is 16.9. The highest BCUT2D eigenvalue weighted by atomic mass is 19.1. The summed E-state index contributed by atoms with van der Waals surface area (Å²) in [5.74, 6) is 1.29. The van der Waals surface area contributed by atoms with E-state index in [9.17, 15) is 4.39 Å². The predicted octanol–water partition coefficient (Wildman–Crippen LogP) is 2.15. The second-order valence-electron chi connectivity index (χ2n) is 6.34. The van der Waals surface area contributed by atoms with Crippen LogP contribution in [0.15, 0.2) is 30.7 Å². The Labute approximate surface area is 141 Å². The number of hydrogen-bond donors (Lipinski definition) is 1. The largest absolute Gasteiger partial charge is 0.367 e. The molecule has 0 bridgehead atoms. The van der Waals surface area contributed by atoms with Crippen molar-refractivity contribution >= 4 is 11.8 Å². The summed E-state index contributed by atoms with van der Waals surface area (Å²) in [5.41, 5.74) is 0.924. The lowest BCUT2D eigenvalue weighted by molar-refractivity contribution is 0.210. The summed E-state index contributed by atoms with van der Waals surface area (Å²) in [6.45, 7) is 2.69. The maximum absolute atomic E-state index is 13.2. The van der Waals surface area contributed by atoms with Crippen LogP contribution >= 0.6 is 0 Å². The molecule has 3 rings (SSSR count). The van der Waals surface area contributed by atoms with Crippen LogP contribution in [0.3, 0.4) is 0 Å². The molecule has 0 radical (unpaired) electrons. The minimum atomic E-state index is -0.274. The number of aromatic nitrogens is 3. The fourth-order valence-electron chi connectivity index (χ4n) is 2.89. The molecule has 0 atom stereocenters. The summed E-state index contributed by atoms with van der Waals surface area (Å²) in [6.07, 6.45) is 6.81. The van der Waals surface area contributed by atoms with Crippen molar-refractivity contribution in [2.45, 2.75) is 25.4 Å². The SMILES string of the molecule is CN(C)c1nccc(NC2CCN(Cc3cncc(F)c3)CC2)n1. The van der Waals surface area contributed by atoms with Crippen molar-refractivity contribution in [2.24, 2.45) is 0 Å². The molecule has 1 aliphatic heterocycles. The van der Waals surface area contributed by atoms with Crippen molar-refractivity contribution in [1.82, 2.24) is 19.9 Å². The zero-order chi connectivity index (χ0) is 16.9. The molecule has 0 saturated carbocycles. The van der Waals surface area contributed by atoms with Crippen LogP contribution in [0.1, 0.15) is 18.4 Å². The van der Waals surface area contributed by atoms with Gasteiger partial charge in [-0.05, 0) is 30.5 Å². The first-order chi connectivity index (χ1) is 11.6. The van der Waals surface area contributed by atoms with Crippen LogP contribution in [0, 0.1) is 5.82 Å². The number of anilines is 2. The van der Waals surface area contributed by atoms with Gasteiger partial charge in [0.1, 0.15) is 11.6 Å². The number of likely N-dealkylation sites (tertiary alicyclic amines) is 1. The van der Waals surface area contributed by atoms with Gasteiger partial charge in [0.05, 0.1) is 6.20 Å². The lowest BCUT2D eigenvalue weighted by atomic mass is 10.0. The van der Waals surface area contributed by atoms with E-state index in [0.29, 0.717) is 12.0 Å². The first-order valence-electron chi connectivity index (χ1n) is 8.19. The maximum atomic E-state index is 13.2. The molecule has 128 valence electrons. The van der Waals surface area contributed by atoms with Crippen molar-refractivity contribution in [3.63, 3.8) is 0 Å². The van der Waals surface area contributed by atoms with Gasteiger partial charge in [-0.25, -0.2) is 9.37 Å². The lowest BCUT2D eigenvalue weighted by Crippen LogP contribution is -2.38. The molecule has 3 heterocycles. The van der Waals surface area contributed by atoms with Gasteiger partial charge in [0, 0.05) is 52.2 Å². The number of piperidine rings is 1. The van der Waals surface area contributed by atoms with E-state index in [0.717, 1.165) is 43.9 Å². The molecule has 6 nitrogen and oxygen atoms in total. The molecule has 0 aliphatic carbocycles. The van der Waals surface area contributed by atoms with Crippen molar-refractivity contribution in [3.05, 3.63) is 42.1 Å². The van der Waals surface area contributed by atoms with Gasteiger partial charge in [0.15, 0.2) is 0 Å². The van der Waals surface area contributed by atoms with Crippen LogP contribution in [0.25, 0.3) is 0 Å². The molecule has 2 aromatic heterocycles. The number of hydrogen-bond acceptors (Lipinski definition) is 6. The van der Waals surface area contributed by atoms with Crippen molar-refractivity contribution in [2.75, 3.05) is 37.4 Å². The van der Waals surface area contributed by atoms with Gasteiger partial charge in [-0.1, -0.05) is 0 Å². The Morgan fingerprint density at radius 3 is 2.79 bits per heavy atom. The molecule has 2 aromatic rings. The monoisotopic (exact) mass is 330 g/mol. The van der Waals surface area contributed by atoms with Crippen LogP contribution in [0.4, 0.5) is 16.2 Å². The molecule has 1 N–H and O–H groups in total. The second-order valence-corrected chi connectivity index (χ2v) is 6.34. The van der Waals surface area contributed by atoms with E-state index in [1.807, 2.05) is 25.1 Å². The smallest absolute Gasteiger partial charge is 0.226 e. The highest BCUT2D eigenvalue weighted by molar-refractivity contribution is 5.41. The quantitative estimate of drug-likeness (QED) is 0.907. The fourth-order valence-corrected chi connectivity index (χ4v) is 2.89. The van der Waals surface area contributed by atoms with E-state index in [-0.39, 0.29) is 5.82 Å². The molecular weight excluding hydrogens is 307 g/mol. The van der Waals surface area contributed by atoms with Crippen LogP contribution in [-0.2, 0) is 6.54 Å². The zero-order valence-corrected chi connectivity index (χ0v) is 14.1. The Morgan fingerprint density at radius 1 is 1.29 bits per heavy atom. The Balaban J connectivity index is 1.51. The van der Waals surface area contributed by atoms with E-state index in [1.54, 1.807) is 18.5 Å². The fraction of sp³-hybridized carbons (Fsp3) is 0.471. The second kappa shape index (κ2) is 7.53. The number of nitrogens with zero attached hydrogens (tertiary/aromatic N) is 5. The molecule has 7 heteroatoms. The summed E-state index contributed by atoms with van der Waals surface area (Å²) in [7, 11) is 3.86. The maximum Gasteiger partial charge on any atom is 0.226 e. The molecule has 0 unspecified atom stereocenters. The van der Waals surface area contributed by atoms with Gasteiger partial charge in [-0.2, -0.15) is 4.98 Å². The number of halogens is 1. The van der Waals surface area contributed by atoms with E-state index in [2.05, 4.69) is 25.2 Å². The standard InChI is InChI=1S/C17H23FN6/c1-23(2)17-20-6-3-16(22-17)21-15-4-7-24(8-5-15)12-13-9-14(18)11-19-10-13/h3,6,9-11,15H,4-5,7-8,12H2,1-2H3,(H,20,21,22). The number of nitrogens with one attached hydrogen (secondary N) is 1. The van der Waals surface area contributed by atoms with Gasteiger partial charge in [-0.15, -0.1) is 0 Å². The minimum absolute atomic E-state index is 0.274. The molecule has 1 aliphatic rings. The third kappa shape index (κ3) is 4.38. The third-order valence-corrected chi connectivity index (χ3v) is 4.15. The Kier molecular flexibility index (Phi) is 5.20. The molecule has 0 aromatic carbocycles. The van der Waals surface area contributed by atoms with Crippen molar-refractivity contribution in [3.8, 4) is 0 Å².